The molecule has 0 bridgehead atoms. The SMILES string of the molecule is COc1cccc(N2CCCC(CN)(N(C)C)C2)c1. The molecule has 19 heavy (non-hydrogen) atoms. The summed E-state index contributed by atoms with van der Waals surface area (Å²) >= 11 is 0. The summed E-state index contributed by atoms with van der Waals surface area (Å²) in [5.41, 5.74) is 7.35. The average molecular weight is 263 g/mol. The summed E-state index contributed by atoms with van der Waals surface area (Å²) in [5, 5.41) is 0. The largest absolute Gasteiger partial charge is 0.497 e. The zero-order valence-corrected chi connectivity index (χ0v) is 12.2. The first-order valence-corrected chi connectivity index (χ1v) is 6.88. The third-order valence-electron chi connectivity index (χ3n) is 4.30. The number of nitrogens with zero attached hydrogens (tertiary/aromatic N) is 2. The zero-order valence-electron chi connectivity index (χ0n) is 12.2. The Hall–Kier alpha value is -1.26. The molecule has 1 unspecified atom stereocenters. The first-order valence-electron chi connectivity index (χ1n) is 6.88. The van der Waals surface area contributed by atoms with Crippen molar-refractivity contribution >= 4 is 5.69 Å². The number of piperidine rings is 1. The van der Waals surface area contributed by atoms with Crippen molar-refractivity contribution < 1.29 is 4.74 Å². The molecule has 4 nitrogen and oxygen atoms in total. The van der Waals surface area contributed by atoms with Crippen LogP contribution in [0.25, 0.3) is 0 Å². The third kappa shape index (κ3) is 2.85. The van der Waals surface area contributed by atoms with Crippen molar-refractivity contribution in [1.82, 2.24) is 4.90 Å². The summed E-state index contributed by atoms with van der Waals surface area (Å²) in [4.78, 5) is 4.69. The molecule has 1 atom stereocenters. The van der Waals surface area contributed by atoms with E-state index in [1.165, 1.54) is 12.1 Å². The van der Waals surface area contributed by atoms with Crippen molar-refractivity contribution in [3.8, 4) is 5.75 Å². The van der Waals surface area contributed by atoms with Gasteiger partial charge in [0.15, 0.2) is 0 Å². The van der Waals surface area contributed by atoms with Crippen molar-refractivity contribution in [1.29, 1.82) is 0 Å². The number of methoxy groups -OCH3 is 1. The van der Waals surface area contributed by atoms with Gasteiger partial charge in [-0.1, -0.05) is 6.07 Å². The van der Waals surface area contributed by atoms with E-state index in [9.17, 15) is 0 Å². The highest BCUT2D eigenvalue weighted by Crippen LogP contribution is 2.30. The molecule has 0 saturated carbocycles. The molecule has 1 fully saturated rings. The molecule has 0 aromatic heterocycles. The lowest BCUT2D eigenvalue weighted by molar-refractivity contribution is 0.135. The van der Waals surface area contributed by atoms with Crippen LogP contribution in [0.5, 0.6) is 5.75 Å². The van der Waals surface area contributed by atoms with Crippen molar-refractivity contribution in [3.63, 3.8) is 0 Å². The molecule has 1 saturated heterocycles. The van der Waals surface area contributed by atoms with Crippen molar-refractivity contribution in [2.75, 3.05) is 45.7 Å². The van der Waals surface area contributed by atoms with Crippen LogP contribution in [-0.4, -0.2) is 51.3 Å². The van der Waals surface area contributed by atoms with Crippen molar-refractivity contribution in [2.24, 2.45) is 5.73 Å². The predicted molar refractivity (Wildman–Crippen MR) is 79.9 cm³/mol. The number of hydrogen-bond acceptors (Lipinski definition) is 4. The molecule has 2 rings (SSSR count). The van der Waals surface area contributed by atoms with Crippen LogP contribution in [0.3, 0.4) is 0 Å². The van der Waals surface area contributed by atoms with Crippen LogP contribution in [0.2, 0.25) is 0 Å². The summed E-state index contributed by atoms with van der Waals surface area (Å²) in [7, 11) is 5.96. The van der Waals surface area contributed by atoms with E-state index < -0.39 is 0 Å². The molecular formula is C15H25N3O. The zero-order chi connectivity index (χ0) is 13.9. The number of rotatable bonds is 4. The summed E-state index contributed by atoms with van der Waals surface area (Å²) in [6.07, 6.45) is 2.34. The Kier molecular flexibility index (Phi) is 4.32. The quantitative estimate of drug-likeness (QED) is 0.895. The Balaban J connectivity index is 2.20. The van der Waals surface area contributed by atoms with Gasteiger partial charge in [-0.15, -0.1) is 0 Å². The van der Waals surface area contributed by atoms with Gasteiger partial charge >= 0.3 is 0 Å². The summed E-state index contributed by atoms with van der Waals surface area (Å²) in [6.45, 7) is 2.76. The first-order chi connectivity index (χ1) is 9.11. The molecule has 0 amide bonds. The summed E-state index contributed by atoms with van der Waals surface area (Å²) in [5.74, 6) is 0.909. The minimum Gasteiger partial charge on any atom is -0.497 e. The Morgan fingerprint density at radius 2 is 2.21 bits per heavy atom. The standard InChI is InChI=1S/C15H25N3O/c1-17(2)15(11-16)8-5-9-18(12-15)13-6-4-7-14(10-13)19-3/h4,6-7,10H,5,8-9,11-12,16H2,1-3H3. The maximum absolute atomic E-state index is 6.04. The van der Waals surface area contributed by atoms with Crippen LogP contribution >= 0.6 is 0 Å². The minimum atomic E-state index is 0.0846. The van der Waals surface area contributed by atoms with Gasteiger partial charge in [0.1, 0.15) is 5.75 Å². The van der Waals surface area contributed by atoms with E-state index in [1.54, 1.807) is 7.11 Å². The molecule has 0 radical (unpaired) electrons. The lowest BCUT2D eigenvalue weighted by Gasteiger charge is -2.47. The molecule has 2 N–H and O–H groups in total. The highest BCUT2D eigenvalue weighted by atomic mass is 16.5. The van der Waals surface area contributed by atoms with Gasteiger partial charge in [-0.2, -0.15) is 0 Å². The highest BCUT2D eigenvalue weighted by molar-refractivity contribution is 5.51. The maximum atomic E-state index is 6.04. The number of anilines is 1. The number of likely N-dealkylation sites (N-methyl/N-ethyl adjacent to an activating group) is 1. The molecular weight excluding hydrogens is 238 g/mol. The molecule has 106 valence electrons. The van der Waals surface area contributed by atoms with E-state index in [4.69, 9.17) is 10.5 Å². The van der Waals surface area contributed by atoms with E-state index in [0.717, 1.165) is 25.3 Å². The second-order valence-electron chi connectivity index (χ2n) is 5.55. The summed E-state index contributed by atoms with van der Waals surface area (Å²) in [6, 6.07) is 8.27. The normalized spacial score (nSPS) is 23.7. The molecule has 1 aromatic rings. The Morgan fingerprint density at radius 1 is 1.42 bits per heavy atom. The molecule has 1 heterocycles. The molecule has 0 aliphatic carbocycles. The van der Waals surface area contributed by atoms with Gasteiger partial charge in [0, 0.05) is 31.4 Å². The molecule has 1 aromatic carbocycles. The van der Waals surface area contributed by atoms with Gasteiger partial charge in [0.25, 0.3) is 0 Å². The number of nitrogens with two attached hydrogens (primary N) is 1. The van der Waals surface area contributed by atoms with E-state index >= 15 is 0 Å². The predicted octanol–water partition coefficient (Wildman–Crippen LogP) is 1.55. The molecule has 1 aliphatic heterocycles. The second-order valence-corrected chi connectivity index (χ2v) is 5.55. The van der Waals surface area contributed by atoms with E-state index in [-0.39, 0.29) is 5.54 Å². The molecule has 4 heteroatoms. The van der Waals surface area contributed by atoms with E-state index in [2.05, 4.69) is 36.0 Å². The van der Waals surface area contributed by atoms with Crippen molar-refractivity contribution in [2.45, 2.75) is 18.4 Å². The second kappa shape index (κ2) is 5.80. The van der Waals surface area contributed by atoms with Gasteiger partial charge in [-0.3, -0.25) is 0 Å². The van der Waals surface area contributed by atoms with Crippen LogP contribution in [0, 0.1) is 0 Å². The van der Waals surface area contributed by atoms with Gasteiger partial charge in [0.05, 0.1) is 12.6 Å². The van der Waals surface area contributed by atoms with Gasteiger partial charge < -0.3 is 20.3 Å². The fourth-order valence-electron chi connectivity index (χ4n) is 2.85. The van der Waals surface area contributed by atoms with Crippen LogP contribution in [-0.2, 0) is 0 Å². The Labute approximate surface area is 116 Å². The average Bonchev–Trinajstić information content (AvgIpc) is 2.47. The molecule has 1 aliphatic rings. The minimum absolute atomic E-state index is 0.0846. The molecule has 0 spiro atoms. The van der Waals surface area contributed by atoms with Crippen molar-refractivity contribution in [3.05, 3.63) is 24.3 Å². The fourth-order valence-corrected chi connectivity index (χ4v) is 2.85. The highest BCUT2D eigenvalue weighted by Gasteiger charge is 2.36. The van der Waals surface area contributed by atoms with Gasteiger partial charge in [0.2, 0.25) is 0 Å². The number of hydrogen-bond donors (Lipinski definition) is 1. The lowest BCUT2D eigenvalue weighted by Crippen LogP contribution is -2.60. The topological polar surface area (TPSA) is 41.7 Å². The number of ether oxygens (including phenoxy) is 1. The maximum Gasteiger partial charge on any atom is 0.120 e. The first kappa shape index (κ1) is 14.2. The van der Waals surface area contributed by atoms with Crippen LogP contribution < -0.4 is 15.4 Å². The fraction of sp³-hybridized carbons (Fsp3) is 0.600. The Morgan fingerprint density at radius 3 is 2.84 bits per heavy atom. The Bertz CT molecular complexity index is 422. The third-order valence-corrected chi connectivity index (χ3v) is 4.30. The lowest BCUT2D eigenvalue weighted by atomic mass is 9.87. The van der Waals surface area contributed by atoms with Gasteiger partial charge in [-0.05, 0) is 39.1 Å². The van der Waals surface area contributed by atoms with Crippen LogP contribution in [0.4, 0.5) is 5.69 Å². The van der Waals surface area contributed by atoms with Crippen LogP contribution in [0.15, 0.2) is 24.3 Å². The van der Waals surface area contributed by atoms with E-state index in [0.29, 0.717) is 6.54 Å². The van der Waals surface area contributed by atoms with Gasteiger partial charge in [-0.25, -0.2) is 0 Å². The monoisotopic (exact) mass is 263 g/mol. The summed E-state index contributed by atoms with van der Waals surface area (Å²) < 4.78 is 5.31. The van der Waals surface area contributed by atoms with Crippen LogP contribution in [0.1, 0.15) is 12.8 Å². The number of benzene rings is 1. The van der Waals surface area contributed by atoms with E-state index in [1.807, 2.05) is 12.1 Å². The smallest absolute Gasteiger partial charge is 0.120 e.